The van der Waals surface area contributed by atoms with Gasteiger partial charge < -0.3 is 19.7 Å². The van der Waals surface area contributed by atoms with Gasteiger partial charge in [0.1, 0.15) is 0 Å². The largest absolute Gasteiger partial charge is 0.504 e. The normalized spacial score (nSPS) is 10.5. The number of rotatable bonds is 8. The number of hydrogen-bond donors (Lipinski definition) is 2. The minimum absolute atomic E-state index is 0.145. The Balaban J connectivity index is 2.69. The third kappa shape index (κ3) is 3.36. The van der Waals surface area contributed by atoms with Crippen molar-refractivity contribution in [1.29, 1.82) is 0 Å². The monoisotopic (exact) mass is 316 g/mol. The molecule has 2 N–H and O–H groups in total. The van der Waals surface area contributed by atoms with Crippen molar-refractivity contribution in [3.8, 4) is 11.5 Å². The van der Waals surface area contributed by atoms with Crippen molar-refractivity contribution < 1.29 is 14.6 Å². The lowest BCUT2D eigenvalue weighted by atomic mass is 10.1. The fourth-order valence-electron chi connectivity index (χ4n) is 2.40. The molecule has 6 heteroatoms. The minimum Gasteiger partial charge on any atom is -0.504 e. The van der Waals surface area contributed by atoms with E-state index in [0.29, 0.717) is 24.0 Å². The minimum atomic E-state index is -0.517. The van der Waals surface area contributed by atoms with E-state index in [1.807, 2.05) is 6.92 Å². The van der Waals surface area contributed by atoms with Crippen LogP contribution in [0.2, 0.25) is 0 Å². The van der Waals surface area contributed by atoms with E-state index in [1.54, 1.807) is 24.3 Å². The summed E-state index contributed by atoms with van der Waals surface area (Å²) < 4.78 is 6.22. The molecule has 0 aliphatic rings. The third-order valence-electron chi connectivity index (χ3n) is 3.55. The SMILES string of the molecule is C=CCNc1ccc2c(O)c(OC=O)c(=O)n(CCCC)c2c1. The fraction of sp³-hybridized carbons (Fsp3) is 0.294. The van der Waals surface area contributed by atoms with E-state index in [0.717, 1.165) is 18.5 Å². The first-order valence-corrected chi connectivity index (χ1v) is 7.48. The maximum Gasteiger partial charge on any atom is 0.298 e. The van der Waals surface area contributed by atoms with Crippen LogP contribution < -0.4 is 15.6 Å². The summed E-state index contributed by atoms with van der Waals surface area (Å²) in [5.74, 6) is -0.657. The molecule has 1 heterocycles. The van der Waals surface area contributed by atoms with Gasteiger partial charge in [0.15, 0.2) is 5.75 Å². The number of unbranched alkanes of at least 4 members (excludes halogenated alkanes) is 1. The van der Waals surface area contributed by atoms with Crippen molar-refractivity contribution in [2.45, 2.75) is 26.3 Å². The molecule has 0 amide bonds. The molecule has 1 aromatic heterocycles. The summed E-state index contributed by atoms with van der Waals surface area (Å²) in [7, 11) is 0. The summed E-state index contributed by atoms with van der Waals surface area (Å²) in [5, 5.41) is 13.9. The first-order chi connectivity index (χ1) is 11.1. The second kappa shape index (κ2) is 7.49. The number of benzene rings is 1. The third-order valence-corrected chi connectivity index (χ3v) is 3.55. The molecule has 0 bridgehead atoms. The van der Waals surface area contributed by atoms with Crippen LogP contribution in [0, 0.1) is 0 Å². The quantitative estimate of drug-likeness (QED) is 0.578. The number of fused-ring (bicyclic) bond motifs is 1. The van der Waals surface area contributed by atoms with Crippen molar-refractivity contribution in [3.05, 3.63) is 41.2 Å². The van der Waals surface area contributed by atoms with Gasteiger partial charge in [-0.2, -0.15) is 0 Å². The molecule has 2 aromatic rings. The Labute approximate surface area is 134 Å². The number of hydrogen-bond acceptors (Lipinski definition) is 5. The van der Waals surface area contributed by atoms with Crippen LogP contribution in [-0.4, -0.2) is 22.7 Å². The number of pyridine rings is 1. The van der Waals surface area contributed by atoms with Crippen LogP contribution >= 0.6 is 0 Å². The highest BCUT2D eigenvalue weighted by molar-refractivity contribution is 5.90. The number of aromatic hydroxyl groups is 1. The van der Waals surface area contributed by atoms with Crippen LogP contribution in [-0.2, 0) is 11.3 Å². The second-order valence-corrected chi connectivity index (χ2v) is 5.10. The Morgan fingerprint density at radius 1 is 1.43 bits per heavy atom. The Bertz CT molecular complexity index is 780. The zero-order chi connectivity index (χ0) is 16.8. The van der Waals surface area contributed by atoms with Gasteiger partial charge in [-0.25, -0.2) is 0 Å². The van der Waals surface area contributed by atoms with Crippen molar-refractivity contribution in [1.82, 2.24) is 4.57 Å². The Morgan fingerprint density at radius 2 is 2.22 bits per heavy atom. The summed E-state index contributed by atoms with van der Waals surface area (Å²) in [5.41, 5.74) is 0.884. The predicted molar refractivity (Wildman–Crippen MR) is 90.2 cm³/mol. The van der Waals surface area contributed by atoms with Gasteiger partial charge in [-0.3, -0.25) is 9.59 Å². The lowest BCUT2D eigenvalue weighted by Crippen LogP contribution is -2.22. The average Bonchev–Trinajstić information content (AvgIpc) is 2.56. The standard InChI is InChI=1S/C17H20N2O4/c1-3-5-9-19-14-10-12(18-8-4-2)6-7-13(14)15(21)16(17(19)22)23-11-20/h4,6-7,10-11,18,21H,2-3,5,8-9H2,1H3. The zero-order valence-electron chi connectivity index (χ0n) is 13.0. The van der Waals surface area contributed by atoms with E-state index >= 15 is 0 Å². The lowest BCUT2D eigenvalue weighted by molar-refractivity contribution is -0.120. The van der Waals surface area contributed by atoms with Gasteiger partial charge in [0.25, 0.3) is 12.0 Å². The molecule has 122 valence electrons. The molecule has 0 saturated heterocycles. The van der Waals surface area contributed by atoms with Crippen molar-refractivity contribution >= 4 is 23.1 Å². The first-order valence-electron chi connectivity index (χ1n) is 7.48. The molecule has 6 nitrogen and oxygen atoms in total. The fourth-order valence-corrected chi connectivity index (χ4v) is 2.40. The number of nitrogens with zero attached hydrogens (tertiary/aromatic N) is 1. The molecule has 0 fully saturated rings. The maximum atomic E-state index is 12.5. The van der Waals surface area contributed by atoms with Gasteiger partial charge in [-0.1, -0.05) is 19.4 Å². The van der Waals surface area contributed by atoms with E-state index in [9.17, 15) is 14.7 Å². The van der Waals surface area contributed by atoms with Gasteiger partial charge >= 0.3 is 0 Å². The summed E-state index contributed by atoms with van der Waals surface area (Å²) in [6, 6.07) is 5.26. The number of carbonyl (C=O) groups is 1. The van der Waals surface area contributed by atoms with Gasteiger partial charge in [0.2, 0.25) is 5.75 Å². The van der Waals surface area contributed by atoms with Gasteiger partial charge in [0.05, 0.1) is 5.52 Å². The van der Waals surface area contributed by atoms with Crippen LogP contribution in [0.25, 0.3) is 10.9 Å². The molecule has 0 unspecified atom stereocenters. The Morgan fingerprint density at radius 3 is 2.87 bits per heavy atom. The highest BCUT2D eigenvalue weighted by Crippen LogP contribution is 2.32. The molecule has 0 aliphatic heterocycles. The van der Waals surface area contributed by atoms with E-state index < -0.39 is 5.56 Å². The van der Waals surface area contributed by atoms with E-state index in [2.05, 4.69) is 11.9 Å². The van der Waals surface area contributed by atoms with Crippen LogP contribution in [0.3, 0.4) is 0 Å². The van der Waals surface area contributed by atoms with Crippen LogP contribution in [0.4, 0.5) is 5.69 Å². The number of carbonyl (C=O) groups excluding carboxylic acids is 1. The summed E-state index contributed by atoms with van der Waals surface area (Å²) in [4.78, 5) is 23.1. The number of aryl methyl sites for hydroxylation is 1. The first kappa shape index (κ1) is 16.6. The summed E-state index contributed by atoms with van der Waals surface area (Å²) >= 11 is 0. The maximum absolute atomic E-state index is 12.5. The molecule has 0 aliphatic carbocycles. The van der Waals surface area contributed by atoms with E-state index in [-0.39, 0.29) is 18.0 Å². The molecule has 0 radical (unpaired) electrons. The van der Waals surface area contributed by atoms with Crippen molar-refractivity contribution in [3.63, 3.8) is 0 Å². The molecule has 23 heavy (non-hydrogen) atoms. The molecular formula is C17H20N2O4. The number of anilines is 1. The molecule has 0 saturated carbocycles. The Kier molecular flexibility index (Phi) is 5.41. The smallest absolute Gasteiger partial charge is 0.298 e. The van der Waals surface area contributed by atoms with Crippen LogP contribution in [0.5, 0.6) is 11.5 Å². The highest BCUT2D eigenvalue weighted by Gasteiger charge is 2.18. The molecule has 0 atom stereocenters. The van der Waals surface area contributed by atoms with Crippen molar-refractivity contribution in [2.24, 2.45) is 0 Å². The molecular weight excluding hydrogens is 296 g/mol. The predicted octanol–water partition coefficient (Wildman–Crippen LogP) is 2.64. The van der Waals surface area contributed by atoms with Crippen LogP contribution in [0.1, 0.15) is 19.8 Å². The Hall–Kier alpha value is -2.76. The summed E-state index contributed by atoms with van der Waals surface area (Å²) in [6.07, 6.45) is 3.44. The number of ether oxygens (including phenoxy) is 1. The van der Waals surface area contributed by atoms with Gasteiger partial charge in [-0.05, 0) is 24.6 Å². The molecule has 1 aromatic carbocycles. The van der Waals surface area contributed by atoms with Crippen molar-refractivity contribution in [2.75, 3.05) is 11.9 Å². The van der Waals surface area contributed by atoms with E-state index in [4.69, 9.17) is 4.74 Å². The molecule has 0 spiro atoms. The van der Waals surface area contributed by atoms with E-state index in [1.165, 1.54) is 4.57 Å². The lowest BCUT2D eigenvalue weighted by Gasteiger charge is -2.15. The number of aromatic nitrogens is 1. The van der Waals surface area contributed by atoms with Gasteiger partial charge in [-0.15, -0.1) is 6.58 Å². The van der Waals surface area contributed by atoms with Gasteiger partial charge in [0, 0.05) is 24.2 Å². The average molecular weight is 316 g/mol. The highest BCUT2D eigenvalue weighted by atomic mass is 16.5. The zero-order valence-corrected chi connectivity index (χ0v) is 13.0. The second-order valence-electron chi connectivity index (χ2n) is 5.10. The van der Waals surface area contributed by atoms with Crippen LogP contribution in [0.15, 0.2) is 35.6 Å². The topological polar surface area (TPSA) is 80.6 Å². The summed E-state index contributed by atoms with van der Waals surface area (Å²) in [6.45, 7) is 6.88. The number of nitrogens with one attached hydrogen (secondary N) is 1. The molecule has 2 rings (SSSR count).